The zero-order valence-corrected chi connectivity index (χ0v) is 12.7. The molecule has 0 aliphatic carbocycles. The molecule has 0 aromatic heterocycles. The average Bonchev–Trinajstić information content (AvgIpc) is 2.31. The van der Waals surface area contributed by atoms with Crippen LogP contribution in [0.15, 0.2) is 18.2 Å². The van der Waals surface area contributed by atoms with Crippen molar-refractivity contribution < 1.29 is 9.90 Å². The Bertz CT molecular complexity index is 452. The van der Waals surface area contributed by atoms with E-state index in [2.05, 4.69) is 5.32 Å². The minimum atomic E-state index is -0.359. The fourth-order valence-electron chi connectivity index (χ4n) is 1.90. The monoisotopic (exact) mass is 299 g/mol. The first-order chi connectivity index (χ1) is 9.38. The smallest absolute Gasteiger partial charge is 0.224 e. The van der Waals surface area contributed by atoms with Gasteiger partial charge in [0.15, 0.2) is 0 Å². The molecule has 0 saturated carbocycles. The van der Waals surface area contributed by atoms with Crippen LogP contribution in [0.4, 0.5) is 11.4 Å². The van der Waals surface area contributed by atoms with Gasteiger partial charge in [0.2, 0.25) is 5.91 Å². The van der Waals surface area contributed by atoms with E-state index in [1.807, 2.05) is 11.9 Å². The topological polar surface area (TPSA) is 78.6 Å². The third kappa shape index (κ3) is 6.23. The first-order valence-electron chi connectivity index (χ1n) is 6.60. The van der Waals surface area contributed by atoms with Crippen molar-refractivity contribution in [1.29, 1.82) is 0 Å². The molecule has 0 heterocycles. The van der Waals surface area contributed by atoms with Crippen molar-refractivity contribution in [3.8, 4) is 0 Å². The highest BCUT2D eigenvalue weighted by Crippen LogP contribution is 2.24. The first-order valence-corrected chi connectivity index (χ1v) is 6.97. The van der Waals surface area contributed by atoms with Gasteiger partial charge in [0.05, 0.1) is 16.8 Å². The number of anilines is 2. The fourth-order valence-corrected chi connectivity index (χ4v) is 2.13. The van der Waals surface area contributed by atoms with E-state index in [1.54, 1.807) is 25.1 Å². The van der Waals surface area contributed by atoms with Crippen LogP contribution in [0.5, 0.6) is 0 Å². The first kappa shape index (κ1) is 16.8. The number of aliphatic hydroxyl groups excluding tert-OH is 1. The number of nitrogens with zero attached hydrogens (tertiary/aromatic N) is 1. The van der Waals surface area contributed by atoms with Gasteiger partial charge in [-0.3, -0.25) is 4.79 Å². The predicted molar refractivity (Wildman–Crippen MR) is 82.9 cm³/mol. The van der Waals surface area contributed by atoms with Crippen LogP contribution < -0.4 is 11.1 Å². The second kappa shape index (κ2) is 8.09. The lowest BCUT2D eigenvalue weighted by Crippen LogP contribution is -2.28. The molecule has 1 rings (SSSR count). The number of nitrogens with two attached hydrogens (primary N) is 1. The maximum Gasteiger partial charge on any atom is 0.224 e. The van der Waals surface area contributed by atoms with Crippen LogP contribution in [0.25, 0.3) is 0 Å². The average molecular weight is 300 g/mol. The highest BCUT2D eigenvalue weighted by Gasteiger charge is 2.08. The highest BCUT2D eigenvalue weighted by molar-refractivity contribution is 6.34. The molecule has 0 spiro atoms. The largest absolute Gasteiger partial charge is 0.399 e. The number of rotatable bonds is 7. The zero-order chi connectivity index (χ0) is 15.1. The van der Waals surface area contributed by atoms with E-state index in [1.165, 1.54) is 0 Å². The molecule has 0 saturated heterocycles. The van der Waals surface area contributed by atoms with Crippen LogP contribution in [0.3, 0.4) is 0 Å². The number of hydrogen-bond donors (Lipinski definition) is 3. The Balaban J connectivity index is 2.33. The molecule has 0 radical (unpaired) electrons. The molecule has 0 bridgehead atoms. The van der Waals surface area contributed by atoms with Gasteiger partial charge < -0.3 is 21.1 Å². The van der Waals surface area contributed by atoms with Crippen molar-refractivity contribution in [2.24, 2.45) is 0 Å². The van der Waals surface area contributed by atoms with Gasteiger partial charge in [-0.2, -0.15) is 0 Å². The third-order valence-electron chi connectivity index (χ3n) is 2.79. The Labute approximate surface area is 124 Å². The van der Waals surface area contributed by atoms with E-state index in [-0.39, 0.29) is 12.0 Å². The molecule has 1 aromatic rings. The van der Waals surface area contributed by atoms with E-state index in [9.17, 15) is 9.90 Å². The van der Waals surface area contributed by atoms with E-state index in [0.29, 0.717) is 29.4 Å². The summed E-state index contributed by atoms with van der Waals surface area (Å²) in [6.07, 6.45) is 0.773. The van der Waals surface area contributed by atoms with Gasteiger partial charge in [-0.25, -0.2) is 0 Å². The molecule has 1 unspecified atom stereocenters. The standard InChI is InChI=1S/C14H22ClN3O2/c1-10(19)9-18(2)7-3-4-14(20)17-13-6-5-11(16)8-12(13)15/h5-6,8,10,19H,3-4,7,9,16H2,1-2H3,(H,17,20). The van der Waals surface area contributed by atoms with Crippen LogP contribution >= 0.6 is 11.6 Å². The number of benzene rings is 1. The second-order valence-corrected chi connectivity index (χ2v) is 5.41. The number of aliphatic hydroxyl groups is 1. The summed E-state index contributed by atoms with van der Waals surface area (Å²) in [5.41, 5.74) is 6.72. The third-order valence-corrected chi connectivity index (χ3v) is 3.10. The maximum atomic E-state index is 11.8. The van der Waals surface area contributed by atoms with Gasteiger partial charge in [-0.05, 0) is 45.1 Å². The van der Waals surface area contributed by atoms with Gasteiger partial charge in [0, 0.05) is 18.7 Å². The number of nitrogen functional groups attached to an aromatic ring is 1. The molecule has 1 amide bonds. The van der Waals surface area contributed by atoms with Crippen molar-refractivity contribution in [2.75, 3.05) is 31.2 Å². The Kier molecular flexibility index (Phi) is 6.78. The summed E-state index contributed by atoms with van der Waals surface area (Å²) in [5.74, 6) is -0.0814. The summed E-state index contributed by atoms with van der Waals surface area (Å²) in [6, 6.07) is 4.99. The summed E-state index contributed by atoms with van der Waals surface area (Å²) in [5, 5.41) is 12.4. The van der Waals surface area contributed by atoms with Gasteiger partial charge in [-0.1, -0.05) is 11.6 Å². The van der Waals surface area contributed by atoms with E-state index in [0.717, 1.165) is 13.0 Å². The Morgan fingerprint density at radius 2 is 2.25 bits per heavy atom. The summed E-state index contributed by atoms with van der Waals surface area (Å²) >= 11 is 5.98. The molecule has 112 valence electrons. The lowest BCUT2D eigenvalue weighted by Gasteiger charge is -2.17. The molecular formula is C14H22ClN3O2. The van der Waals surface area contributed by atoms with Crippen LogP contribution in [-0.2, 0) is 4.79 Å². The molecule has 1 aromatic carbocycles. The van der Waals surface area contributed by atoms with Crippen molar-refractivity contribution >= 4 is 28.9 Å². The summed E-state index contributed by atoms with van der Waals surface area (Å²) in [7, 11) is 1.92. The molecule has 5 nitrogen and oxygen atoms in total. The number of carbonyl (C=O) groups is 1. The van der Waals surface area contributed by atoms with E-state index in [4.69, 9.17) is 17.3 Å². The number of carbonyl (C=O) groups excluding carboxylic acids is 1. The molecule has 20 heavy (non-hydrogen) atoms. The van der Waals surface area contributed by atoms with Gasteiger partial charge in [-0.15, -0.1) is 0 Å². The number of hydrogen-bond acceptors (Lipinski definition) is 4. The minimum Gasteiger partial charge on any atom is -0.399 e. The molecule has 4 N–H and O–H groups in total. The molecule has 1 atom stereocenters. The number of halogens is 1. The normalized spacial score (nSPS) is 12.4. The maximum absolute atomic E-state index is 11.8. The zero-order valence-electron chi connectivity index (χ0n) is 11.9. The van der Waals surface area contributed by atoms with Gasteiger partial charge in [0.1, 0.15) is 0 Å². The van der Waals surface area contributed by atoms with Crippen LogP contribution in [0, 0.1) is 0 Å². The fraction of sp³-hybridized carbons (Fsp3) is 0.500. The van der Waals surface area contributed by atoms with Gasteiger partial charge in [0.25, 0.3) is 0 Å². The second-order valence-electron chi connectivity index (χ2n) is 5.00. The van der Waals surface area contributed by atoms with Crippen molar-refractivity contribution in [3.05, 3.63) is 23.2 Å². The SMILES string of the molecule is CC(O)CN(C)CCCC(=O)Nc1ccc(N)cc1Cl. The highest BCUT2D eigenvalue weighted by atomic mass is 35.5. The Hall–Kier alpha value is -1.30. The Morgan fingerprint density at radius 1 is 1.55 bits per heavy atom. The molecule has 0 aliphatic heterocycles. The van der Waals surface area contributed by atoms with Crippen molar-refractivity contribution in [1.82, 2.24) is 4.90 Å². The number of likely N-dealkylation sites (N-methyl/N-ethyl adjacent to an activating group) is 1. The summed E-state index contributed by atoms with van der Waals surface area (Å²) in [6.45, 7) is 3.10. The van der Waals surface area contributed by atoms with Crippen LogP contribution in [-0.4, -0.2) is 42.2 Å². The quantitative estimate of drug-likeness (QED) is 0.673. The van der Waals surface area contributed by atoms with Crippen molar-refractivity contribution in [3.63, 3.8) is 0 Å². The van der Waals surface area contributed by atoms with Crippen LogP contribution in [0.1, 0.15) is 19.8 Å². The number of amides is 1. The molecule has 0 aliphatic rings. The lowest BCUT2D eigenvalue weighted by atomic mass is 10.2. The van der Waals surface area contributed by atoms with Crippen LogP contribution in [0.2, 0.25) is 5.02 Å². The predicted octanol–water partition coefficient (Wildman–Crippen LogP) is 1.95. The summed E-state index contributed by atoms with van der Waals surface area (Å²) in [4.78, 5) is 13.8. The number of nitrogens with one attached hydrogen (secondary N) is 1. The minimum absolute atomic E-state index is 0.0814. The van der Waals surface area contributed by atoms with Crippen molar-refractivity contribution in [2.45, 2.75) is 25.9 Å². The van der Waals surface area contributed by atoms with E-state index < -0.39 is 0 Å². The lowest BCUT2D eigenvalue weighted by molar-refractivity contribution is -0.116. The van der Waals surface area contributed by atoms with Gasteiger partial charge >= 0.3 is 0 Å². The molecular weight excluding hydrogens is 278 g/mol. The summed E-state index contributed by atoms with van der Waals surface area (Å²) < 4.78 is 0. The van der Waals surface area contributed by atoms with E-state index >= 15 is 0 Å². The molecule has 0 fully saturated rings. The Morgan fingerprint density at radius 3 is 2.85 bits per heavy atom. The molecule has 6 heteroatoms.